The van der Waals surface area contributed by atoms with Gasteiger partial charge in [-0.25, -0.2) is 4.98 Å². The Kier molecular flexibility index (Phi) is 3.34. The van der Waals surface area contributed by atoms with Gasteiger partial charge in [-0.15, -0.1) is 0 Å². The van der Waals surface area contributed by atoms with Crippen molar-refractivity contribution < 1.29 is 4.74 Å². The monoisotopic (exact) mass is 287 g/mol. The number of fused-ring (bicyclic) bond motifs is 1. The van der Waals surface area contributed by atoms with E-state index in [1.807, 2.05) is 47.0 Å². The molecule has 0 radical (unpaired) electrons. The Morgan fingerprint density at radius 2 is 2.10 bits per heavy atom. The summed E-state index contributed by atoms with van der Waals surface area (Å²) >= 11 is 6.02. The summed E-state index contributed by atoms with van der Waals surface area (Å²) < 4.78 is 7.35. The van der Waals surface area contributed by atoms with Crippen LogP contribution < -0.4 is 10.5 Å². The van der Waals surface area contributed by atoms with Crippen molar-refractivity contribution in [1.82, 2.24) is 9.38 Å². The number of halogens is 1. The molecular formula is C15H14ClN3O. The summed E-state index contributed by atoms with van der Waals surface area (Å²) in [6.07, 6.45) is 1.88. The molecule has 3 aromatic rings. The molecule has 0 saturated carbocycles. The Hall–Kier alpha value is -2.04. The summed E-state index contributed by atoms with van der Waals surface area (Å²) in [7, 11) is 1.65. The number of hydrogen-bond donors (Lipinski definition) is 1. The van der Waals surface area contributed by atoms with E-state index in [-0.39, 0.29) is 0 Å². The summed E-state index contributed by atoms with van der Waals surface area (Å²) in [6, 6.07) is 11.4. The molecule has 20 heavy (non-hydrogen) atoms. The first kappa shape index (κ1) is 13.0. The first-order valence-corrected chi connectivity index (χ1v) is 6.62. The Balaban J connectivity index is 2.30. The van der Waals surface area contributed by atoms with Crippen molar-refractivity contribution >= 4 is 17.2 Å². The van der Waals surface area contributed by atoms with Crippen molar-refractivity contribution in [3.63, 3.8) is 0 Å². The summed E-state index contributed by atoms with van der Waals surface area (Å²) in [4.78, 5) is 4.64. The molecule has 0 bridgehead atoms. The van der Waals surface area contributed by atoms with Crippen LogP contribution in [0.15, 0.2) is 42.6 Å². The van der Waals surface area contributed by atoms with Gasteiger partial charge in [-0.05, 0) is 18.2 Å². The van der Waals surface area contributed by atoms with Gasteiger partial charge in [0.1, 0.15) is 11.4 Å². The van der Waals surface area contributed by atoms with Gasteiger partial charge in [-0.2, -0.15) is 0 Å². The zero-order valence-electron chi connectivity index (χ0n) is 11.0. The zero-order valence-corrected chi connectivity index (χ0v) is 11.8. The highest BCUT2D eigenvalue weighted by atomic mass is 35.5. The van der Waals surface area contributed by atoms with Crippen molar-refractivity contribution in [2.45, 2.75) is 6.54 Å². The quantitative estimate of drug-likeness (QED) is 0.805. The fourth-order valence-electron chi connectivity index (χ4n) is 2.32. The van der Waals surface area contributed by atoms with Gasteiger partial charge in [0.25, 0.3) is 0 Å². The molecule has 0 unspecified atom stereocenters. The summed E-state index contributed by atoms with van der Waals surface area (Å²) in [6.45, 7) is 0.385. The number of pyridine rings is 1. The van der Waals surface area contributed by atoms with Gasteiger partial charge in [-0.3, -0.25) is 0 Å². The molecule has 1 aromatic carbocycles. The highest BCUT2D eigenvalue weighted by Gasteiger charge is 2.16. The van der Waals surface area contributed by atoms with Gasteiger partial charge in [-0.1, -0.05) is 23.7 Å². The number of methoxy groups -OCH3 is 1. The Morgan fingerprint density at radius 1 is 1.30 bits per heavy atom. The largest absolute Gasteiger partial charge is 0.496 e. The lowest BCUT2D eigenvalue weighted by Crippen LogP contribution is -2.02. The number of ether oxygens (including phenoxy) is 1. The number of nitrogens with two attached hydrogens (primary N) is 1. The van der Waals surface area contributed by atoms with E-state index in [0.717, 1.165) is 28.3 Å². The molecule has 0 aliphatic carbocycles. The molecule has 5 heteroatoms. The van der Waals surface area contributed by atoms with Gasteiger partial charge in [0.2, 0.25) is 0 Å². The van der Waals surface area contributed by atoms with Crippen LogP contribution >= 0.6 is 11.6 Å². The van der Waals surface area contributed by atoms with E-state index in [9.17, 15) is 0 Å². The number of hydrogen-bond acceptors (Lipinski definition) is 3. The van der Waals surface area contributed by atoms with E-state index in [1.54, 1.807) is 7.11 Å². The second-order valence-electron chi connectivity index (χ2n) is 4.38. The second kappa shape index (κ2) is 5.15. The third kappa shape index (κ3) is 2.03. The average molecular weight is 288 g/mol. The normalized spacial score (nSPS) is 10.9. The maximum Gasteiger partial charge on any atom is 0.139 e. The smallest absolute Gasteiger partial charge is 0.139 e. The Labute approximate surface area is 121 Å². The van der Waals surface area contributed by atoms with Crippen LogP contribution in [0.4, 0.5) is 0 Å². The minimum Gasteiger partial charge on any atom is -0.496 e. The van der Waals surface area contributed by atoms with Gasteiger partial charge in [0.15, 0.2) is 0 Å². The van der Waals surface area contributed by atoms with Crippen LogP contribution in [-0.2, 0) is 6.54 Å². The average Bonchev–Trinajstić information content (AvgIpc) is 2.84. The van der Waals surface area contributed by atoms with Crippen LogP contribution in [0.2, 0.25) is 5.02 Å². The number of imidazole rings is 1. The molecule has 2 aromatic heterocycles. The van der Waals surface area contributed by atoms with Crippen LogP contribution in [0.1, 0.15) is 5.69 Å². The minimum atomic E-state index is 0.385. The maximum absolute atomic E-state index is 6.02. The molecule has 0 saturated heterocycles. The number of aromatic nitrogens is 2. The van der Waals surface area contributed by atoms with E-state index >= 15 is 0 Å². The van der Waals surface area contributed by atoms with Crippen LogP contribution in [0.5, 0.6) is 5.75 Å². The van der Waals surface area contributed by atoms with E-state index in [0.29, 0.717) is 11.6 Å². The molecule has 0 spiro atoms. The molecule has 4 nitrogen and oxygen atoms in total. The third-order valence-corrected chi connectivity index (χ3v) is 3.48. The topological polar surface area (TPSA) is 52.5 Å². The number of benzene rings is 1. The van der Waals surface area contributed by atoms with E-state index in [4.69, 9.17) is 22.1 Å². The molecule has 102 valence electrons. The SMILES string of the molecule is COc1ccccc1-c1nc2cc(Cl)ccn2c1CN. The second-order valence-corrected chi connectivity index (χ2v) is 4.82. The first-order valence-electron chi connectivity index (χ1n) is 6.24. The Morgan fingerprint density at radius 3 is 2.85 bits per heavy atom. The van der Waals surface area contributed by atoms with Crippen LogP contribution in [0.25, 0.3) is 16.9 Å². The predicted molar refractivity (Wildman–Crippen MR) is 80.1 cm³/mol. The van der Waals surface area contributed by atoms with Gasteiger partial charge in [0, 0.05) is 29.4 Å². The van der Waals surface area contributed by atoms with Gasteiger partial charge in [0.05, 0.1) is 18.5 Å². The van der Waals surface area contributed by atoms with Crippen molar-refractivity contribution in [1.29, 1.82) is 0 Å². The van der Waals surface area contributed by atoms with E-state index < -0.39 is 0 Å². The Bertz CT molecular complexity index is 767. The van der Waals surface area contributed by atoms with Crippen LogP contribution in [0, 0.1) is 0 Å². The molecule has 3 rings (SSSR count). The van der Waals surface area contributed by atoms with Crippen LogP contribution in [-0.4, -0.2) is 16.5 Å². The fourth-order valence-corrected chi connectivity index (χ4v) is 2.48. The molecule has 0 amide bonds. The molecule has 0 aliphatic heterocycles. The third-order valence-electron chi connectivity index (χ3n) is 3.24. The lowest BCUT2D eigenvalue weighted by Gasteiger charge is -2.07. The molecule has 0 aliphatic rings. The zero-order chi connectivity index (χ0) is 14.1. The molecule has 2 N–H and O–H groups in total. The minimum absolute atomic E-state index is 0.385. The fraction of sp³-hybridized carbons (Fsp3) is 0.133. The van der Waals surface area contributed by atoms with Gasteiger partial charge >= 0.3 is 0 Å². The van der Waals surface area contributed by atoms with Crippen molar-refractivity contribution in [2.24, 2.45) is 5.73 Å². The highest BCUT2D eigenvalue weighted by molar-refractivity contribution is 6.30. The standard InChI is InChI=1S/C15H14ClN3O/c1-20-13-5-3-2-4-11(13)15-12(9-17)19-7-6-10(16)8-14(19)18-15/h2-8H,9,17H2,1H3. The lowest BCUT2D eigenvalue weighted by molar-refractivity contribution is 0.416. The first-order chi connectivity index (χ1) is 9.74. The van der Waals surface area contributed by atoms with E-state index in [1.165, 1.54) is 0 Å². The van der Waals surface area contributed by atoms with Crippen molar-refractivity contribution in [3.05, 3.63) is 53.3 Å². The number of para-hydroxylation sites is 1. The predicted octanol–water partition coefficient (Wildman–Crippen LogP) is 3.12. The molecular weight excluding hydrogens is 274 g/mol. The maximum atomic E-state index is 6.02. The van der Waals surface area contributed by atoms with Crippen molar-refractivity contribution in [3.8, 4) is 17.0 Å². The summed E-state index contributed by atoms with van der Waals surface area (Å²) in [5.74, 6) is 0.775. The molecule has 0 fully saturated rings. The number of nitrogens with zero attached hydrogens (tertiary/aromatic N) is 2. The lowest BCUT2D eigenvalue weighted by atomic mass is 10.1. The summed E-state index contributed by atoms with van der Waals surface area (Å²) in [5.41, 5.74) is 9.35. The van der Waals surface area contributed by atoms with Crippen LogP contribution in [0.3, 0.4) is 0 Å². The molecule has 0 atom stereocenters. The van der Waals surface area contributed by atoms with Crippen molar-refractivity contribution in [2.75, 3.05) is 7.11 Å². The van der Waals surface area contributed by atoms with E-state index in [2.05, 4.69) is 4.98 Å². The molecule has 2 heterocycles. The number of rotatable bonds is 3. The highest BCUT2D eigenvalue weighted by Crippen LogP contribution is 2.32. The summed E-state index contributed by atoms with van der Waals surface area (Å²) in [5, 5.41) is 0.651. The van der Waals surface area contributed by atoms with Gasteiger partial charge < -0.3 is 14.9 Å².